The van der Waals surface area contributed by atoms with Gasteiger partial charge in [0, 0.05) is 30.4 Å². The van der Waals surface area contributed by atoms with Crippen LogP contribution in [0.3, 0.4) is 0 Å². The first kappa shape index (κ1) is 22.3. The molecule has 6 nitrogen and oxygen atoms in total. The maximum Gasteiger partial charge on any atom is 0.410 e. The van der Waals surface area contributed by atoms with Crippen LogP contribution < -0.4 is 11.1 Å². The van der Waals surface area contributed by atoms with Crippen LogP contribution in [-0.4, -0.2) is 35.6 Å². The molecule has 1 aliphatic rings. The van der Waals surface area contributed by atoms with E-state index >= 15 is 0 Å². The van der Waals surface area contributed by atoms with E-state index < -0.39 is 5.60 Å². The van der Waals surface area contributed by atoms with E-state index in [2.05, 4.69) is 5.32 Å². The largest absolute Gasteiger partial charge is 0.444 e. The second-order valence-corrected chi connectivity index (χ2v) is 8.01. The number of hydrogen-bond donors (Lipinski definition) is 2. The Labute approximate surface area is 173 Å². The third kappa shape index (κ3) is 8.25. The quantitative estimate of drug-likeness (QED) is 0.729. The predicted molar refractivity (Wildman–Crippen MR) is 116 cm³/mol. The number of nitrogen functional groups attached to an aromatic ring is 1. The zero-order valence-corrected chi connectivity index (χ0v) is 17.4. The van der Waals surface area contributed by atoms with Gasteiger partial charge >= 0.3 is 6.09 Å². The number of ether oxygens (including phenoxy) is 1. The van der Waals surface area contributed by atoms with Crippen LogP contribution in [0.4, 0.5) is 16.2 Å². The molecule has 2 aromatic carbocycles. The maximum atomic E-state index is 12.2. The predicted octanol–water partition coefficient (Wildman–Crippen LogP) is 4.54. The first-order valence-corrected chi connectivity index (χ1v) is 9.89. The average Bonchev–Trinajstić information content (AvgIpc) is 2.69. The minimum atomic E-state index is -0.487. The van der Waals surface area contributed by atoms with Crippen molar-refractivity contribution in [3.8, 4) is 0 Å². The minimum absolute atomic E-state index is 0.0232. The second-order valence-electron chi connectivity index (χ2n) is 8.01. The van der Waals surface area contributed by atoms with Crippen LogP contribution in [0.1, 0.15) is 33.6 Å². The van der Waals surface area contributed by atoms with Crippen molar-refractivity contribution in [1.29, 1.82) is 0 Å². The van der Waals surface area contributed by atoms with Gasteiger partial charge in [0.25, 0.3) is 0 Å². The number of nitrogens with zero attached hydrogens (tertiary/aromatic N) is 1. The van der Waals surface area contributed by atoms with Gasteiger partial charge in [-0.3, -0.25) is 4.79 Å². The Bertz CT molecular complexity index is 765. The third-order valence-corrected chi connectivity index (χ3v) is 4.36. The van der Waals surface area contributed by atoms with Crippen molar-refractivity contribution in [1.82, 2.24) is 4.90 Å². The number of benzene rings is 2. The van der Waals surface area contributed by atoms with Crippen LogP contribution in [0.25, 0.3) is 0 Å². The number of likely N-dealkylation sites (tertiary alicyclic amines) is 1. The molecule has 3 N–H and O–H groups in total. The molecule has 6 heteroatoms. The van der Waals surface area contributed by atoms with Crippen molar-refractivity contribution in [2.45, 2.75) is 39.2 Å². The van der Waals surface area contributed by atoms with Gasteiger partial charge in [0.05, 0.1) is 0 Å². The van der Waals surface area contributed by atoms with Crippen LogP contribution in [0.2, 0.25) is 0 Å². The Hall–Kier alpha value is -3.02. The summed E-state index contributed by atoms with van der Waals surface area (Å²) in [5.74, 6) is -0.0334. The summed E-state index contributed by atoms with van der Waals surface area (Å²) >= 11 is 0. The minimum Gasteiger partial charge on any atom is -0.444 e. The maximum absolute atomic E-state index is 12.2. The van der Waals surface area contributed by atoms with E-state index in [4.69, 9.17) is 10.5 Å². The standard InChI is InChI=1S/C17H24N2O3.C6H7N/c1-17(2,3)22-16(21)19-11-9-13(10-12-19)15(20)18-14-7-5-4-6-8-14;7-6-4-2-1-3-5-6/h4-8,13H,9-12H2,1-3H3,(H,18,20);1-5H,7H2. The highest BCUT2D eigenvalue weighted by molar-refractivity contribution is 5.92. The molecular formula is C23H31N3O3. The molecular weight excluding hydrogens is 366 g/mol. The monoisotopic (exact) mass is 397 g/mol. The molecule has 0 bridgehead atoms. The van der Waals surface area contributed by atoms with Crippen LogP contribution >= 0.6 is 0 Å². The number of amides is 2. The van der Waals surface area contributed by atoms with E-state index in [-0.39, 0.29) is 17.9 Å². The molecule has 156 valence electrons. The second kappa shape index (κ2) is 10.5. The van der Waals surface area contributed by atoms with Crippen LogP contribution in [0, 0.1) is 5.92 Å². The van der Waals surface area contributed by atoms with E-state index in [1.54, 1.807) is 4.90 Å². The van der Waals surface area contributed by atoms with Crippen molar-refractivity contribution in [3.63, 3.8) is 0 Å². The summed E-state index contributed by atoms with van der Waals surface area (Å²) in [7, 11) is 0. The van der Waals surface area contributed by atoms with Crippen molar-refractivity contribution in [3.05, 3.63) is 60.7 Å². The van der Waals surface area contributed by atoms with Crippen LogP contribution in [0.5, 0.6) is 0 Å². The van der Waals surface area contributed by atoms with Crippen molar-refractivity contribution in [2.75, 3.05) is 24.1 Å². The molecule has 1 saturated heterocycles. The zero-order valence-electron chi connectivity index (χ0n) is 17.4. The van der Waals surface area contributed by atoms with E-state index in [0.717, 1.165) is 11.4 Å². The molecule has 1 fully saturated rings. The summed E-state index contributed by atoms with van der Waals surface area (Å²) in [6, 6.07) is 18.9. The van der Waals surface area contributed by atoms with Gasteiger partial charge in [0.1, 0.15) is 5.60 Å². The van der Waals surface area contributed by atoms with E-state index in [0.29, 0.717) is 25.9 Å². The fourth-order valence-electron chi connectivity index (χ4n) is 2.87. The van der Waals surface area contributed by atoms with Crippen molar-refractivity contribution in [2.24, 2.45) is 5.92 Å². The number of hydrogen-bond acceptors (Lipinski definition) is 4. The van der Waals surface area contributed by atoms with Gasteiger partial charge in [-0.15, -0.1) is 0 Å². The molecule has 2 amide bonds. The summed E-state index contributed by atoms with van der Waals surface area (Å²) in [5.41, 5.74) is 6.50. The van der Waals surface area contributed by atoms with Crippen molar-refractivity contribution >= 4 is 23.4 Å². The molecule has 0 unspecified atom stereocenters. The first-order valence-electron chi connectivity index (χ1n) is 9.89. The Kier molecular flexibility index (Phi) is 8.07. The zero-order chi connectivity index (χ0) is 21.3. The molecule has 0 saturated carbocycles. The van der Waals surface area contributed by atoms with Crippen molar-refractivity contribution < 1.29 is 14.3 Å². The summed E-state index contributed by atoms with van der Waals surface area (Å²) in [5, 5.41) is 2.92. The number of nitrogens with one attached hydrogen (secondary N) is 1. The van der Waals surface area contributed by atoms with Gasteiger partial charge in [0.15, 0.2) is 0 Å². The number of rotatable bonds is 2. The Morgan fingerprint density at radius 2 is 1.48 bits per heavy atom. The molecule has 0 atom stereocenters. The molecule has 2 aromatic rings. The molecule has 0 spiro atoms. The summed E-state index contributed by atoms with van der Waals surface area (Å²) in [6.45, 7) is 6.67. The molecule has 3 rings (SSSR count). The topological polar surface area (TPSA) is 84.7 Å². The van der Waals surface area contributed by atoms with Crippen LogP contribution in [0.15, 0.2) is 60.7 Å². The summed E-state index contributed by atoms with van der Waals surface area (Å²) < 4.78 is 5.35. The molecule has 0 aliphatic carbocycles. The van der Waals surface area contributed by atoms with Gasteiger partial charge in [0.2, 0.25) is 5.91 Å². The fraction of sp³-hybridized carbons (Fsp3) is 0.391. The lowest BCUT2D eigenvalue weighted by molar-refractivity contribution is -0.121. The lowest BCUT2D eigenvalue weighted by atomic mass is 9.96. The Balaban J connectivity index is 0.000000360. The molecule has 0 aromatic heterocycles. The van der Waals surface area contributed by atoms with Crippen LogP contribution in [-0.2, 0) is 9.53 Å². The van der Waals surface area contributed by atoms with E-state index in [1.165, 1.54) is 0 Å². The summed E-state index contributed by atoms with van der Waals surface area (Å²) in [6.07, 6.45) is 1.03. The Morgan fingerprint density at radius 3 is 1.93 bits per heavy atom. The third-order valence-electron chi connectivity index (χ3n) is 4.36. The molecule has 1 heterocycles. The fourth-order valence-corrected chi connectivity index (χ4v) is 2.87. The number of carbonyl (C=O) groups is 2. The highest BCUT2D eigenvalue weighted by Crippen LogP contribution is 2.21. The Morgan fingerprint density at radius 1 is 0.966 bits per heavy atom. The van der Waals surface area contributed by atoms with E-state index in [9.17, 15) is 9.59 Å². The van der Waals surface area contributed by atoms with Gasteiger partial charge < -0.3 is 20.7 Å². The number of para-hydroxylation sites is 2. The lowest BCUT2D eigenvalue weighted by Crippen LogP contribution is -2.43. The number of piperidine rings is 1. The first-order chi connectivity index (χ1) is 13.7. The van der Waals surface area contributed by atoms with E-state index in [1.807, 2.05) is 81.4 Å². The molecule has 0 radical (unpaired) electrons. The molecule has 29 heavy (non-hydrogen) atoms. The van der Waals surface area contributed by atoms with Gasteiger partial charge in [-0.2, -0.15) is 0 Å². The SMILES string of the molecule is CC(C)(C)OC(=O)N1CCC(C(=O)Nc2ccccc2)CC1.Nc1ccccc1. The highest BCUT2D eigenvalue weighted by atomic mass is 16.6. The van der Waals surface area contributed by atoms with Gasteiger partial charge in [-0.1, -0.05) is 36.4 Å². The number of anilines is 2. The summed E-state index contributed by atoms with van der Waals surface area (Å²) in [4.78, 5) is 25.9. The lowest BCUT2D eigenvalue weighted by Gasteiger charge is -2.32. The smallest absolute Gasteiger partial charge is 0.410 e. The number of carbonyl (C=O) groups excluding carboxylic acids is 2. The number of nitrogens with two attached hydrogens (primary N) is 1. The van der Waals surface area contributed by atoms with Gasteiger partial charge in [-0.05, 0) is 57.9 Å². The normalized spacial score (nSPS) is 14.4. The van der Waals surface area contributed by atoms with Gasteiger partial charge in [-0.25, -0.2) is 4.79 Å². The highest BCUT2D eigenvalue weighted by Gasteiger charge is 2.29. The average molecular weight is 398 g/mol. The molecule has 1 aliphatic heterocycles.